The first-order chi connectivity index (χ1) is 12.2. The molecule has 2 rings (SSSR count). The summed E-state index contributed by atoms with van der Waals surface area (Å²) in [7, 11) is -2.00. The van der Waals surface area contributed by atoms with Gasteiger partial charge in [-0.3, -0.25) is 0 Å². The third-order valence-electron chi connectivity index (χ3n) is 3.36. The molecule has 140 valence electrons. The van der Waals surface area contributed by atoms with Gasteiger partial charge in [-0.2, -0.15) is 13.2 Å². The molecule has 0 spiro atoms. The molecule has 0 radical (unpaired) electrons. The molecule has 0 aromatic heterocycles. The van der Waals surface area contributed by atoms with Crippen molar-refractivity contribution in [3.05, 3.63) is 54.1 Å². The molecule has 0 aliphatic heterocycles. The van der Waals surface area contributed by atoms with Crippen molar-refractivity contribution in [2.24, 2.45) is 0 Å². The van der Waals surface area contributed by atoms with Crippen molar-refractivity contribution in [3.63, 3.8) is 0 Å². The Morgan fingerprint density at radius 3 is 2.31 bits per heavy atom. The summed E-state index contributed by atoms with van der Waals surface area (Å²) in [6.07, 6.45) is -5.43. The summed E-state index contributed by atoms with van der Waals surface area (Å²) >= 11 is 0. The highest BCUT2D eigenvalue weighted by Gasteiger charge is 2.34. The quantitative estimate of drug-likeness (QED) is 0.698. The molecule has 0 saturated carbocycles. The smallest absolute Gasteiger partial charge is 0.417 e. The summed E-state index contributed by atoms with van der Waals surface area (Å²) in [5.41, 5.74) is -0.936. The predicted octanol–water partition coefficient (Wildman–Crippen LogP) is 4.20. The number of benzene rings is 2. The summed E-state index contributed by atoms with van der Waals surface area (Å²) < 4.78 is 62.0. The maximum atomic E-state index is 13.1. The van der Waals surface area contributed by atoms with Crippen molar-refractivity contribution in [3.8, 4) is 5.75 Å². The molecule has 0 fully saturated rings. The number of halogens is 3. The largest absolute Gasteiger partial charge is 0.479 e. The lowest BCUT2D eigenvalue weighted by Crippen LogP contribution is -2.26. The first kappa shape index (κ1) is 20.0. The SMILES string of the molecule is CCOC(=O)C(C)Oc1ccc(S(=O)c2ccccc2C(F)(F)F)cc1. The Morgan fingerprint density at radius 2 is 1.73 bits per heavy atom. The zero-order valence-corrected chi connectivity index (χ0v) is 14.9. The maximum absolute atomic E-state index is 13.1. The van der Waals surface area contributed by atoms with Gasteiger partial charge in [0.2, 0.25) is 0 Å². The number of alkyl halides is 3. The van der Waals surface area contributed by atoms with Crippen LogP contribution in [0.2, 0.25) is 0 Å². The van der Waals surface area contributed by atoms with E-state index in [-0.39, 0.29) is 16.4 Å². The predicted molar refractivity (Wildman–Crippen MR) is 89.3 cm³/mol. The maximum Gasteiger partial charge on any atom is 0.417 e. The van der Waals surface area contributed by atoms with Crippen LogP contribution in [0, 0.1) is 0 Å². The van der Waals surface area contributed by atoms with Crippen LogP contribution in [0.5, 0.6) is 5.75 Å². The van der Waals surface area contributed by atoms with Gasteiger partial charge in [0.1, 0.15) is 5.75 Å². The number of carbonyl (C=O) groups is 1. The van der Waals surface area contributed by atoms with E-state index >= 15 is 0 Å². The Bertz CT molecular complexity index is 788. The van der Waals surface area contributed by atoms with Crippen LogP contribution in [0.4, 0.5) is 13.2 Å². The lowest BCUT2D eigenvalue weighted by atomic mass is 10.2. The Labute approximate surface area is 151 Å². The summed E-state index contributed by atoms with van der Waals surface area (Å²) in [5.74, 6) is -0.213. The zero-order valence-electron chi connectivity index (χ0n) is 14.1. The van der Waals surface area contributed by atoms with E-state index in [0.29, 0.717) is 5.75 Å². The fourth-order valence-electron chi connectivity index (χ4n) is 2.14. The number of esters is 1. The number of carbonyl (C=O) groups excluding carboxylic acids is 1. The molecule has 0 heterocycles. The average Bonchev–Trinajstić information content (AvgIpc) is 2.61. The van der Waals surface area contributed by atoms with Gasteiger partial charge in [0.15, 0.2) is 6.10 Å². The zero-order chi connectivity index (χ0) is 19.3. The molecule has 0 saturated heterocycles. The van der Waals surface area contributed by atoms with Crippen molar-refractivity contribution < 1.29 is 31.6 Å². The molecule has 2 unspecified atom stereocenters. The number of ether oxygens (including phenoxy) is 2. The van der Waals surface area contributed by atoms with Crippen molar-refractivity contribution >= 4 is 16.8 Å². The second-order valence-corrected chi connectivity index (χ2v) is 6.69. The van der Waals surface area contributed by atoms with Gasteiger partial charge >= 0.3 is 12.1 Å². The van der Waals surface area contributed by atoms with Crippen molar-refractivity contribution in [2.45, 2.75) is 35.9 Å². The van der Waals surface area contributed by atoms with Crippen molar-refractivity contribution in [2.75, 3.05) is 6.61 Å². The van der Waals surface area contributed by atoms with E-state index in [0.717, 1.165) is 6.07 Å². The van der Waals surface area contributed by atoms with Crippen LogP contribution < -0.4 is 4.74 Å². The average molecular weight is 386 g/mol. The van der Waals surface area contributed by atoms with Gasteiger partial charge in [-0.05, 0) is 50.2 Å². The normalized spacial score (nSPS) is 13.7. The van der Waals surface area contributed by atoms with Crippen LogP contribution in [-0.4, -0.2) is 22.9 Å². The van der Waals surface area contributed by atoms with Gasteiger partial charge < -0.3 is 9.47 Å². The van der Waals surface area contributed by atoms with E-state index in [4.69, 9.17) is 9.47 Å². The Morgan fingerprint density at radius 1 is 1.12 bits per heavy atom. The summed E-state index contributed by atoms with van der Waals surface area (Å²) in [4.78, 5) is 11.4. The van der Waals surface area contributed by atoms with Crippen molar-refractivity contribution in [1.29, 1.82) is 0 Å². The number of rotatable bonds is 6. The summed E-state index contributed by atoms with van der Waals surface area (Å²) in [6.45, 7) is 3.42. The minimum atomic E-state index is -4.59. The summed E-state index contributed by atoms with van der Waals surface area (Å²) in [5, 5.41) is 0. The third kappa shape index (κ3) is 4.85. The molecule has 2 atom stereocenters. The molecule has 2 aromatic rings. The highest BCUT2D eigenvalue weighted by molar-refractivity contribution is 7.85. The Kier molecular flexibility index (Phi) is 6.42. The highest BCUT2D eigenvalue weighted by atomic mass is 32.2. The van der Waals surface area contributed by atoms with Crippen LogP contribution in [-0.2, 0) is 26.5 Å². The summed E-state index contributed by atoms with van der Waals surface area (Å²) in [6, 6.07) is 10.4. The molecule has 0 aliphatic rings. The molecule has 26 heavy (non-hydrogen) atoms. The molecule has 0 N–H and O–H groups in total. The molecule has 8 heteroatoms. The minimum absolute atomic E-state index is 0.192. The van der Waals surface area contributed by atoms with Gasteiger partial charge in [-0.15, -0.1) is 0 Å². The molecule has 0 aliphatic carbocycles. The highest BCUT2D eigenvalue weighted by Crippen LogP contribution is 2.35. The van der Waals surface area contributed by atoms with Crippen LogP contribution in [0.15, 0.2) is 58.3 Å². The second-order valence-electron chi connectivity index (χ2n) is 5.25. The van der Waals surface area contributed by atoms with Gasteiger partial charge in [0.05, 0.1) is 27.9 Å². The van der Waals surface area contributed by atoms with E-state index in [1.54, 1.807) is 6.92 Å². The second kappa shape index (κ2) is 8.35. The van der Waals surface area contributed by atoms with Gasteiger partial charge in [-0.25, -0.2) is 9.00 Å². The van der Waals surface area contributed by atoms with Crippen LogP contribution in [0.25, 0.3) is 0 Å². The Balaban J connectivity index is 2.19. The van der Waals surface area contributed by atoms with Gasteiger partial charge in [0.25, 0.3) is 0 Å². The lowest BCUT2D eigenvalue weighted by molar-refractivity contribution is -0.150. The van der Waals surface area contributed by atoms with E-state index < -0.39 is 34.6 Å². The molecule has 2 aromatic carbocycles. The first-order valence-electron chi connectivity index (χ1n) is 7.75. The fraction of sp³-hybridized carbons (Fsp3) is 0.278. The minimum Gasteiger partial charge on any atom is -0.479 e. The molecule has 0 amide bonds. The van der Waals surface area contributed by atoms with E-state index in [9.17, 15) is 22.2 Å². The molecule has 4 nitrogen and oxygen atoms in total. The van der Waals surface area contributed by atoms with Crippen LogP contribution in [0.3, 0.4) is 0 Å². The number of hydrogen-bond donors (Lipinski definition) is 0. The fourth-order valence-corrected chi connectivity index (χ4v) is 3.37. The molecule has 0 bridgehead atoms. The van der Waals surface area contributed by atoms with Gasteiger partial charge in [0, 0.05) is 4.90 Å². The number of hydrogen-bond acceptors (Lipinski definition) is 4. The van der Waals surface area contributed by atoms with E-state index in [1.165, 1.54) is 49.4 Å². The third-order valence-corrected chi connectivity index (χ3v) is 4.82. The van der Waals surface area contributed by atoms with E-state index in [2.05, 4.69) is 0 Å². The Hall–Kier alpha value is -2.35. The topological polar surface area (TPSA) is 52.6 Å². The van der Waals surface area contributed by atoms with E-state index in [1.807, 2.05) is 0 Å². The standard InChI is InChI=1S/C18H17F3O4S/c1-3-24-17(22)12(2)25-13-8-10-14(11-9-13)26(23)16-7-5-4-6-15(16)18(19,20)21/h4-12H,3H2,1-2H3. The lowest BCUT2D eigenvalue weighted by Gasteiger charge is -2.14. The van der Waals surface area contributed by atoms with Gasteiger partial charge in [-0.1, -0.05) is 12.1 Å². The first-order valence-corrected chi connectivity index (χ1v) is 8.90. The van der Waals surface area contributed by atoms with Crippen LogP contribution in [0.1, 0.15) is 19.4 Å². The molecular formula is C18H17F3O4S. The monoisotopic (exact) mass is 386 g/mol. The van der Waals surface area contributed by atoms with Crippen LogP contribution >= 0.6 is 0 Å². The van der Waals surface area contributed by atoms with Crippen molar-refractivity contribution in [1.82, 2.24) is 0 Å². The molecular weight excluding hydrogens is 369 g/mol.